The van der Waals surface area contributed by atoms with Crippen molar-refractivity contribution >= 4 is 11.9 Å². The molecule has 1 atom stereocenters. The minimum Gasteiger partial charge on any atom is -0.481 e. The highest BCUT2D eigenvalue weighted by atomic mass is 16.5. The number of amides is 1. The van der Waals surface area contributed by atoms with Crippen LogP contribution >= 0.6 is 0 Å². The Hall–Kier alpha value is -4.18. The van der Waals surface area contributed by atoms with Gasteiger partial charge < -0.3 is 15.2 Å². The van der Waals surface area contributed by atoms with E-state index in [4.69, 9.17) is 4.74 Å². The summed E-state index contributed by atoms with van der Waals surface area (Å²) in [5.41, 5.74) is 3.58. The van der Waals surface area contributed by atoms with Gasteiger partial charge in [0.05, 0.1) is 36.8 Å². The fourth-order valence-electron chi connectivity index (χ4n) is 3.33. The Morgan fingerprint density at radius 2 is 1.97 bits per heavy atom. The number of nitrogens with one attached hydrogen (secondary N) is 1. The van der Waals surface area contributed by atoms with Crippen LogP contribution in [0.2, 0.25) is 0 Å². The molecule has 0 aliphatic rings. The fraction of sp³-hybridized carbons (Fsp3) is 0.167. The monoisotopic (exact) mass is 415 g/mol. The lowest BCUT2D eigenvalue weighted by atomic mass is 9.98. The van der Waals surface area contributed by atoms with Gasteiger partial charge in [0.15, 0.2) is 0 Å². The van der Waals surface area contributed by atoms with E-state index in [2.05, 4.69) is 16.4 Å². The first-order valence-electron chi connectivity index (χ1n) is 9.55. The predicted molar refractivity (Wildman–Crippen MR) is 115 cm³/mol. The lowest BCUT2D eigenvalue weighted by Crippen LogP contribution is -2.30. The van der Waals surface area contributed by atoms with Crippen LogP contribution < -0.4 is 10.1 Å². The highest BCUT2D eigenvalue weighted by Crippen LogP contribution is 2.30. The molecule has 3 aromatic rings. The third kappa shape index (κ3) is 5.06. The molecule has 156 valence electrons. The number of pyridine rings is 1. The van der Waals surface area contributed by atoms with Crippen molar-refractivity contribution in [3.63, 3.8) is 0 Å². The van der Waals surface area contributed by atoms with Crippen molar-refractivity contribution in [3.05, 3.63) is 83.0 Å². The molecule has 1 amide bonds. The lowest BCUT2D eigenvalue weighted by molar-refractivity contribution is -0.137. The van der Waals surface area contributed by atoms with E-state index in [1.807, 2.05) is 19.1 Å². The van der Waals surface area contributed by atoms with E-state index >= 15 is 0 Å². The van der Waals surface area contributed by atoms with Crippen LogP contribution in [0.4, 0.5) is 0 Å². The molecule has 0 unspecified atom stereocenters. The van der Waals surface area contributed by atoms with Gasteiger partial charge >= 0.3 is 5.97 Å². The Morgan fingerprint density at radius 3 is 2.65 bits per heavy atom. The molecular formula is C24H21N3O4. The van der Waals surface area contributed by atoms with Crippen molar-refractivity contribution in [2.45, 2.75) is 19.4 Å². The number of ether oxygens (including phenoxy) is 1. The third-order valence-electron chi connectivity index (χ3n) is 4.86. The number of carbonyl (C=O) groups excluding carboxylic acids is 1. The molecule has 3 rings (SSSR count). The number of nitriles is 1. The maximum Gasteiger partial charge on any atom is 0.305 e. The van der Waals surface area contributed by atoms with Crippen molar-refractivity contribution < 1.29 is 19.4 Å². The van der Waals surface area contributed by atoms with Crippen molar-refractivity contribution in [1.29, 1.82) is 5.26 Å². The van der Waals surface area contributed by atoms with Crippen molar-refractivity contribution in [2.75, 3.05) is 7.11 Å². The summed E-state index contributed by atoms with van der Waals surface area (Å²) >= 11 is 0. The average molecular weight is 415 g/mol. The summed E-state index contributed by atoms with van der Waals surface area (Å²) in [4.78, 5) is 28.6. The number of methoxy groups -OCH3 is 1. The summed E-state index contributed by atoms with van der Waals surface area (Å²) < 4.78 is 5.32. The lowest BCUT2D eigenvalue weighted by Gasteiger charge is -2.20. The quantitative estimate of drug-likeness (QED) is 0.606. The highest BCUT2D eigenvalue weighted by Gasteiger charge is 2.21. The van der Waals surface area contributed by atoms with Gasteiger partial charge in [-0.2, -0.15) is 5.26 Å². The smallest absolute Gasteiger partial charge is 0.305 e. The van der Waals surface area contributed by atoms with Crippen LogP contribution in [-0.2, 0) is 4.79 Å². The minimum absolute atomic E-state index is 0.252. The molecular weight excluding hydrogens is 394 g/mol. The van der Waals surface area contributed by atoms with Gasteiger partial charge in [0.25, 0.3) is 5.91 Å². The van der Waals surface area contributed by atoms with Gasteiger partial charge in [0, 0.05) is 11.8 Å². The molecule has 1 heterocycles. The molecule has 0 bridgehead atoms. The average Bonchev–Trinajstić information content (AvgIpc) is 2.78. The number of rotatable bonds is 7. The normalized spacial score (nSPS) is 11.3. The molecule has 0 aliphatic heterocycles. The first-order chi connectivity index (χ1) is 14.9. The van der Waals surface area contributed by atoms with E-state index in [1.54, 1.807) is 42.5 Å². The van der Waals surface area contributed by atoms with Gasteiger partial charge in [-0.15, -0.1) is 0 Å². The van der Waals surface area contributed by atoms with E-state index in [-0.39, 0.29) is 12.0 Å². The SMILES string of the molecule is COc1ncc(C(=O)N[C@@H](CC(=O)O)c2ccccc2C)cc1-c1cccc(C#N)c1. The largest absolute Gasteiger partial charge is 0.481 e. The van der Waals surface area contributed by atoms with Crippen LogP contribution in [0.25, 0.3) is 11.1 Å². The zero-order valence-electron chi connectivity index (χ0n) is 17.1. The maximum atomic E-state index is 13.0. The molecule has 0 fully saturated rings. The van der Waals surface area contributed by atoms with Crippen LogP contribution in [-0.4, -0.2) is 29.1 Å². The summed E-state index contributed by atoms with van der Waals surface area (Å²) in [5.74, 6) is -1.16. The van der Waals surface area contributed by atoms with E-state index < -0.39 is 17.9 Å². The molecule has 0 saturated carbocycles. The van der Waals surface area contributed by atoms with Crippen molar-refractivity contribution in [2.24, 2.45) is 0 Å². The van der Waals surface area contributed by atoms with Gasteiger partial charge in [-0.05, 0) is 41.8 Å². The van der Waals surface area contributed by atoms with Gasteiger partial charge in [-0.25, -0.2) is 4.98 Å². The Morgan fingerprint density at radius 1 is 1.19 bits per heavy atom. The van der Waals surface area contributed by atoms with Gasteiger partial charge in [0.1, 0.15) is 0 Å². The van der Waals surface area contributed by atoms with E-state index in [0.717, 1.165) is 11.1 Å². The number of carboxylic acid groups (broad SMARTS) is 1. The zero-order valence-corrected chi connectivity index (χ0v) is 17.1. The number of hydrogen-bond donors (Lipinski definition) is 2. The van der Waals surface area contributed by atoms with E-state index in [9.17, 15) is 20.0 Å². The molecule has 7 nitrogen and oxygen atoms in total. The number of carbonyl (C=O) groups is 2. The molecule has 7 heteroatoms. The number of aromatic nitrogens is 1. The van der Waals surface area contributed by atoms with E-state index in [0.29, 0.717) is 22.6 Å². The van der Waals surface area contributed by atoms with Crippen LogP contribution in [0.15, 0.2) is 60.8 Å². The molecule has 0 saturated heterocycles. The summed E-state index contributed by atoms with van der Waals surface area (Å²) in [6, 6.07) is 17.2. The number of aryl methyl sites for hydroxylation is 1. The molecule has 1 aromatic heterocycles. The molecule has 31 heavy (non-hydrogen) atoms. The zero-order chi connectivity index (χ0) is 22.4. The van der Waals surface area contributed by atoms with Gasteiger partial charge in [-0.3, -0.25) is 9.59 Å². The summed E-state index contributed by atoms with van der Waals surface area (Å²) in [6.45, 7) is 1.87. The highest BCUT2D eigenvalue weighted by molar-refractivity contribution is 5.96. The van der Waals surface area contributed by atoms with Crippen molar-refractivity contribution in [1.82, 2.24) is 10.3 Å². The van der Waals surface area contributed by atoms with Crippen LogP contribution in [0.1, 0.15) is 39.5 Å². The van der Waals surface area contributed by atoms with Gasteiger partial charge in [-0.1, -0.05) is 36.4 Å². The summed E-state index contributed by atoms with van der Waals surface area (Å²) in [7, 11) is 1.47. The number of carboxylic acids is 1. The molecule has 0 aliphatic carbocycles. The summed E-state index contributed by atoms with van der Waals surface area (Å²) in [6.07, 6.45) is 1.12. The summed E-state index contributed by atoms with van der Waals surface area (Å²) in [5, 5.41) is 21.3. The molecule has 2 N–H and O–H groups in total. The van der Waals surface area contributed by atoms with Crippen LogP contribution in [0.3, 0.4) is 0 Å². The molecule has 0 spiro atoms. The number of aliphatic carboxylic acids is 1. The molecule has 2 aromatic carbocycles. The standard InChI is InChI=1S/C24H21N3O4/c1-15-6-3-4-9-19(15)21(12-22(28)29)27-23(30)18-11-20(24(31-2)26-14-18)17-8-5-7-16(10-17)13-25/h3-11,14,21H,12H2,1-2H3,(H,27,30)(H,28,29)/t21-/m0/s1. The third-order valence-corrected chi connectivity index (χ3v) is 4.86. The first-order valence-corrected chi connectivity index (χ1v) is 9.55. The number of benzene rings is 2. The first kappa shape index (κ1) is 21.5. The Labute approximate surface area is 179 Å². The van der Waals surface area contributed by atoms with Crippen LogP contribution in [0.5, 0.6) is 5.88 Å². The second kappa shape index (κ2) is 9.55. The molecule has 0 radical (unpaired) electrons. The Balaban J connectivity index is 1.96. The van der Waals surface area contributed by atoms with Gasteiger partial charge in [0.2, 0.25) is 5.88 Å². The number of hydrogen-bond acceptors (Lipinski definition) is 5. The Kier molecular flexibility index (Phi) is 6.63. The number of nitrogens with zero attached hydrogens (tertiary/aromatic N) is 2. The fourth-order valence-corrected chi connectivity index (χ4v) is 3.33. The maximum absolute atomic E-state index is 13.0. The van der Waals surface area contributed by atoms with Crippen LogP contribution in [0, 0.1) is 18.3 Å². The minimum atomic E-state index is -1.02. The Bertz CT molecular complexity index is 1170. The second-order valence-corrected chi connectivity index (χ2v) is 6.95. The van der Waals surface area contributed by atoms with E-state index in [1.165, 1.54) is 13.3 Å². The van der Waals surface area contributed by atoms with Crippen molar-refractivity contribution in [3.8, 4) is 23.1 Å². The second-order valence-electron chi connectivity index (χ2n) is 6.95. The topological polar surface area (TPSA) is 112 Å². The predicted octanol–water partition coefficient (Wildman–Crippen LogP) is 3.88.